The third-order valence-electron chi connectivity index (χ3n) is 1.82. The van der Waals surface area contributed by atoms with E-state index in [0.717, 1.165) is 0 Å². The summed E-state index contributed by atoms with van der Waals surface area (Å²) in [4.78, 5) is 13.4. The van der Waals surface area contributed by atoms with Crippen molar-refractivity contribution in [1.29, 1.82) is 0 Å². The molecule has 1 heterocycles. The highest BCUT2D eigenvalue weighted by Crippen LogP contribution is 2.11. The zero-order chi connectivity index (χ0) is 11.3. The summed E-state index contributed by atoms with van der Waals surface area (Å²) >= 11 is 0. The Balaban J connectivity index is 2.79. The lowest BCUT2D eigenvalue weighted by molar-refractivity contribution is 0.0760. The number of hydrogen-bond donors (Lipinski definition) is 1. The summed E-state index contributed by atoms with van der Waals surface area (Å²) in [7, 11) is 0. The van der Waals surface area contributed by atoms with Crippen LogP contribution in [-0.2, 0) is 0 Å². The SMILES string of the molecule is C=CCN(CC=C)C(=O)c1ccc(N)o1. The molecule has 0 unspecified atom stereocenters. The van der Waals surface area contributed by atoms with Crippen molar-refractivity contribution in [2.45, 2.75) is 0 Å². The second kappa shape index (κ2) is 5.05. The summed E-state index contributed by atoms with van der Waals surface area (Å²) in [6.45, 7) is 8.06. The average Bonchev–Trinajstić information content (AvgIpc) is 2.63. The lowest BCUT2D eigenvalue weighted by Crippen LogP contribution is -2.30. The van der Waals surface area contributed by atoms with E-state index in [1.54, 1.807) is 29.2 Å². The minimum Gasteiger partial charge on any atom is -0.436 e. The van der Waals surface area contributed by atoms with E-state index < -0.39 is 0 Å². The quantitative estimate of drug-likeness (QED) is 0.745. The number of hydrogen-bond acceptors (Lipinski definition) is 3. The van der Waals surface area contributed by atoms with E-state index >= 15 is 0 Å². The van der Waals surface area contributed by atoms with Gasteiger partial charge in [0.05, 0.1) is 0 Å². The van der Waals surface area contributed by atoms with Crippen LogP contribution in [0.4, 0.5) is 5.88 Å². The second-order valence-corrected chi connectivity index (χ2v) is 2.99. The van der Waals surface area contributed by atoms with Gasteiger partial charge < -0.3 is 15.1 Å². The summed E-state index contributed by atoms with van der Waals surface area (Å²) in [6, 6.07) is 3.10. The first-order chi connectivity index (χ1) is 7.19. The van der Waals surface area contributed by atoms with Crippen molar-refractivity contribution >= 4 is 11.8 Å². The van der Waals surface area contributed by atoms with Crippen molar-refractivity contribution < 1.29 is 9.21 Å². The van der Waals surface area contributed by atoms with Crippen LogP contribution in [0.15, 0.2) is 41.9 Å². The smallest absolute Gasteiger partial charge is 0.290 e. The number of carbonyl (C=O) groups excluding carboxylic acids is 1. The van der Waals surface area contributed by atoms with Gasteiger partial charge in [0, 0.05) is 19.2 Å². The van der Waals surface area contributed by atoms with Crippen LogP contribution >= 0.6 is 0 Å². The first kappa shape index (κ1) is 11.1. The topological polar surface area (TPSA) is 59.5 Å². The molecule has 0 saturated heterocycles. The molecule has 0 aromatic carbocycles. The van der Waals surface area contributed by atoms with Crippen LogP contribution in [0.1, 0.15) is 10.6 Å². The molecule has 0 fully saturated rings. The molecule has 1 rings (SSSR count). The number of nitrogen functional groups attached to an aromatic ring is 1. The lowest BCUT2D eigenvalue weighted by Gasteiger charge is -2.17. The number of carbonyl (C=O) groups is 1. The highest BCUT2D eigenvalue weighted by molar-refractivity contribution is 5.92. The largest absolute Gasteiger partial charge is 0.436 e. The molecule has 4 nitrogen and oxygen atoms in total. The molecule has 1 aromatic heterocycles. The average molecular weight is 206 g/mol. The van der Waals surface area contributed by atoms with Gasteiger partial charge in [-0.3, -0.25) is 4.79 Å². The van der Waals surface area contributed by atoms with Crippen molar-refractivity contribution in [3.63, 3.8) is 0 Å². The van der Waals surface area contributed by atoms with Gasteiger partial charge in [-0.15, -0.1) is 13.2 Å². The molecule has 0 spiro atoms. The third kappa shape index (κ3) is 2.74. The van der Waals surface area contributed by atoms with Crippen LogP contribution in [-0.4, -0.2) is 23.9 Å². The molecule has 1 aromatic rings. The fourth-order valence-electron chi connectivity index (χ4n) is 1.18. The number of furan rings is 1. The third-order valence-corrected chi connectivity index (χ3v) is 1.82. The Labute approximate surface area is 88.7 Å². The molecule has 0 bridgehead atoms. The van der Waals surface area contributed by atoms with E-state index in [9.17, 15) is 4.79 Å². The minimum atomic E-state index is -0.216. The summed E-state index contributed by atoms with van der Waals surface area (Å²) in [5.74, 6) is 0.248. The maximum Gasteiger partial charge on any atom is 0.290 e. The predicted molar refractivity (Wildman–Crippen MR) is 59.4 cm³/mol. The van der Waals surface area contributed by atoms with Crippen LogP contribution < -0.4 is 5.73 Å². The van der Waals surface area contributed by atoms with E-state index in [0.29, 0.717) is 13.1 Å². The Morgan fingerprint density at radius 2 is 2.00 bits per heavy atom. The Hall–Kier alpha value is -1.97. The van der Waals surface area contributed by atoms with Crippen molar-refractivity contribution in [1.82, 2.24) is 4.90 Å². The van der Waals surface area contributed by atoms with Crippen molar-refractivity contribution in [2.24, 2.45) is 0 Å². The molecule has 0 aliphatic carbocycles. The van der Waals surface area contributed by atoms with E-state index in [1.165, 1.54) is 0 Å². The van der Waals surface area contributed by atoms with Crippen molar-refractivity contribution in [3.8, 4) is 0 Å². The highest BCUT2D eigenvalue weighted by Gasteiger charge is 2.16. The summed E-state index contributed by atoms with van der Waals surface area (Å²) in [6.07, 6.45) is 3.29. The Morgan fingerprint density at radius 1 is 1.40 bits per heavy atom. The molecule has 0 aliphatic heterocycles. The van der Waals surface area contributed by atoms with Crippen LogP contribution in [0, 0.1) is 0 Å². The Kier molecular flexibility index (Phi) is 3.74. The predicted octanol–water partition coefficient (Wildman–Crippen LogP) is 1.68. The standard InChI is InChI=1S/C11H14N2O2/c1-3-7-13(8-4-2)11(14)9-5-6-10(12)15-9/h3-6H,1-2,7-8,12H2. The Morgan fingerprint density at radius 3 is 2.40 bits per heavy atom. The van der Waals surface area contributed by atoms with Crippen LogP contribution in [0.2, 0.25) is 0 Å². The van der Waals surface area contributed by atoms with Gasteiger partial charge in [-0.05, 0) is 6.07 Å². The van der Waals surface area contributed by atoms with Gasteiger partial charge in [-0.25, -0.2) is 0 Å². The molecule has 0 atom stereocenters. The zero-order valence-electron chi connectivity index (χ0n) is 8.48. The van der Waals surface area contributed by atoms with E-state index in [2.05, 4.69) is 13.2 Å². The zero-order valence-corrected chi connectivity index (χ0v) is 8.48. The molecule has 0 saturated carbocycles. The van der Waals surface area contributed by atoms with Crippen LogP contribution in [0.25, 0.3) is 0 Å². The molecule has 0 radical (unpaired) electrons. The molecular weight excluding hydrogens is 192 g/mol. The number of amides is 1. The van der Waals surface area contributed by atoms with Gasteiger partial charge in [-0.1, -0.05) is 12.2 Å². The number of nitrogens with zero attached hydrogens (tertiary/aromatic N) is 1. The Bertz CT molecular complexity index is 358. The van der Waals surface area contributed by atoms with E-state index in [1.807, 2.05) is 0 Å². The lowest BCUT2D eigenvalue weighted by atomic mass is 10.3. The van der Waals surface area contributed by atoms with Gasteiger partial charge in [-0.2, -0.15) is 0 Å². The molecule has 4 heteroatoms. The molecule has 80 valence electrons. The number of anilines is 1. The highest BCUT2D eigenvalue weighted by atomic mass is 16.4. The normalized spacial score (nSPS) is 9.60. The summed E-state index contributed by atoms with van der Waals surface area (Å²) < 4.78 is 5.04. The second-order valence-electron chi connectivity index (χ2n) is 2.99. The minimum absolute atomic E-state index is 0.216. The number of nitrogens with two attached hydrogens (primary N) is 1. The maximum absolute atomic E-state index is 11.8. The summed E-state index contributed by atoms with van der Waals surface area (Å²) in [5, 5.41) is 0. The van der Waals surface area contributed by atoms with Crippen LogP contribution in [0.5, 0.6) is 0 Å². The monoisotopic (exact) mass is 206 g/mol. The molecule has 1 amide bonds. The maximum atomic E-state index is 11.8. The van der Waals surface area contributed by atoms with Crippen molar-refractivity contribution in [2.75, 3.05) is 18.8 Å². The van der Waals surface area contributed by atoms with Gasteiger partial charge in [0.2, 0.25) is 0 Å². The molecular formula is C11H14N2O2. The molecule has 15 heavy (non-hydrogen) atoms. The molecule has 0 aliphatic rings. The van der Waals surface area contributed by atoms with Gasteiger partial charge in [0.1, 0.15) is 0 Å². The van der Waals surface area contributed by atoms with Gasteiger partial charge in [0.15, 0.2) is 11.6 Å². The molecule has 2 N–H and O–H groups in total. The van der Waals surface area contributed by atoms with Crippen LogP contribution in [0.3, 0.4) is 0 Å². The summed E-state index contributed by atoms with van der Waals surface area (Å²) in [5.41, 5.74) is 5.39. The van der Waals surface area contributed by atoms with Gasteiger partial charge >= 0.3 is 0 Å². The fourth-order valence-corrected chi connectivity index (χ4v) is 1.18. The number of rotatable bonds is 5. The van der Waals surface area contributed by atoms with E-state index in [4.69, 9.17) is 10.2 Å². The van der Waals surface area contributed by atoms with Gasteiger partial charge in [0.25, 0.3) is 5.91 Å². The first-order valence-corrected chi connectivity index (χ1v) is 4.55. The fraction of sp³-hybridized carbons (Fsp3) is 0.182. The van der Waals surface area contributed by atoms with Crippen molar-refractivity contribution in [3.05, 3.63) is 43.2 Å². The van der Waals surface area contributed by atoms with E-state index in [-0.39, 0.29) is 17.6 Å². The first-order valence-electron chi connectivity index (χ1n) is 4.55.